The van der Waals surface area contributed by atoms with Crippen LogP contribution >= 0.6 is 11.3 Å². The second-order valence-electron chi connectivity index (χ2n) is 6.98. The molecule has 7 nitrogen and oxygen atoms in total. The van der Waals surface area contributed by atoms with E-state index in [2.05, 4.69) is 18.8 Å². The van der Waals surface area contributed by atoms with Gasteiger partial charge in [-0.2, -0.15) is 0 Å². The van der Waals surface area contributed by atoms with Crippen LogP contribution in [0.15, 0.2) is 17.2 Å². The van der Waals surface area contributed by atoms with Gasteiger partial charge in [0.25, 0.3) is 5.56 Å². The van der Waals surface area contributed by atoms with Gasteiger partial charge in [-0.05, 0) is 26.3 Å². The molecule has 0 amide bonds. The first-order chi connectivity index (χ1) is 12.9. The van der Waals surface area contributed by atoms with Crippen LogP contribution in [0.1, 0.15) is 38.4 Å². The minimum Gasteiger partial charge on any atom is -0.465 e. The Balaban J connectivity index is 1.80. The molecule has 4 rings (SSSR count). The summed E-state index contributed by atoms with van der Waals surface area (Å²) in [5.74, 6) is -0.452. The number of aromatic nitrogens is 3. The van der Waals surface area contributed by atoms with E-state index in [1.54, 1.807) is 6.92 Å². The zero-order valence-electron chi connectivity index (χ0n) is 15.6. The van der Waals surface area contributed by atoms with Crippen LogP contribution in [0, 0.1) is 0 Å². The third-order valence-corrected chi connectivity index (χ3v) is 6.15. The van der Waals surface area contributed by atoms with Crippen molar-refractivity contribution >= 4 is 37.7 Å². The summed E-state index contributed by atoms with van der Waals surface area (Å²) in [6.07, 6.45) is 3.07. The first kappa shape index (κ1) is 18.1. The lowest BCUT2D eigenvalue weighted by Crippen LogP contribution is -2.35. The fraction of sp³-hybridized carbons (Fsp3) is 0.474. The van der Waals surface area contributed by atoms with E-state index in [1.807, 2.05) is 6.07 Å². The molecule has 0 fully saturated rings. The standard InChI is InChI=1S/C19H21N3O4S/c1-4-19(3)7-13-11(9-26-19)6-12-15-16(27-17(12)21-13)18(24)22(10-20-15)8-14(23)25-5-2/h6,10H,4-5,7-9H2,1-3H3/t19-/m1/s1. The number of hydrogen-bond donors (Lipinski definition) is 0. The molecule has 0 spiro atoms. The highest BCUT2D eigenvalue weighted by Crippen LogP contribution is 2.35. The van der Waals surface area contributed by atoms with Gasteiger partial charge in [-0.25, -0.2) is 9.97 Å². The molecule has 142 valence electrons. The molecule has 1 atom stereocenters. The fourth-order valence-corrected chi connectivity index (χ4v) is 4.37. The first-order valence-corrected chi connectivity index (χ1v) is 9.85. The third kappa shape index (κ3) is 3.12. The average Bonchev–Trinajstić information content (AvgIpc) is 3.00. The molecule has 3 aromatic rings. The zero-order valence-corrected chi connectivity index (χ0v) is 16.4. The van der Waals surface area contributed by atoms with Crippen molar-refractivity contribution in [3.63, 3.8) is 0 Å². The lowest BCUT2D eigenvalue weighted by Gasteiger charge is -2.33. The average molecular weight is 387 g/mol. The van der Waals surface area contributed by atoms with E-state index >= 15 is 0 Å². The first-order valence-electron chi connectivity index (χ1n) is 9.04. The van der Waals surface area contributed by atoms with E-state index in [1.165, 1.54) is 22.2 Å². The highest BCUT2D eigenvalue weighted by atomic mass is 32.1. The molecule has 1 aliphatic rings. The van der Waals surface area contributed by atoms with Gasteiger partial charge in [0.05, 0.1) is 36.4 Å². The smallest absolute Gasteiger partial charge is 0.326 e. The highest BCUT2D eigenvalue weighted by Gasteiger charge is 2.31. The van der Waals surface area contributed by atoms with E-state index in [0.717, 1.165) is 34.3 Å². The number of thiophene rings is 1. The summed E-state index contributed by atoms with van der Waals surface area (Å²) in [6.45, 7) is 6.59. The molecule has 0 bridgehead atoms. The second-order valence-corrected chi connectivity index (χ2v) is 7.98. The van der Waals surface area contributed by atoms with E-state index in [9.17, 15) is 9.59 Å². The SMILES string of the molecule is CCOC(=O)Cn1cnc2c(sc3nc4c(cc32)CO[C@](C)(CC)C4)c1=O. The van der Waals surface area contributed by atoms with Crippen LogP contribution in [0.5, 0.6) is 0 Å². The van der Waals surface area contributed by atoms with Gasteiger partial charge >= 0.3 is 5.97 Å². The summed E-state index contributed by atoms with van der Waals surface area (Å²) in [4.78, 5) is 34.5. The predicted molar refractivity (Wildman–Crippen MR) is 103 cm³/mol. The Kier molecular flexibility index (Phi) is 4.47. The van der Waals surface area contributed by atoms with Gasteiger partial charge in [0, 0.05) is 17.4 Å². The summed E-state index contributed by atoms with van der Waals surface area (Å²) in [6, 6.07) is 2.04. The predicted octanol–water partition coefficient (Wildman–Crippen LogP) is 2.81. The normalized spacial score (nSPS) is 19.4. The molecule has 27 heavy (non-hydrogen) atoms. The molecular weight excluding hydrogens is 366 g/mol. The molecule has 0 saturated carbocycles. The molecule has 0 radical (unpaired) electrons. The van der Waals surface area contributed by atoms with Gasteiger partial charge in [0.15, 0.2) is 0 Å². The molecule has 1 aliphatic heterocycles. The number of rotatable bonds is 4. The van der Waals surface area contributed by atoms with Gasteiger partial charge in [-0.3, -0.25) is 14.2 Å². The van der Waals surface area contributed by atoms with Crippen molar-refractivity contribution in [2.24, 2.45) is 0 Å². The Morgan fingerprint density at radius 3 is 3.00 bits per heavy atom. The topological polar surface area (TPSA) is 83.3 Å². The van der Waals surface area contributed by atoms with Gasteiger partial charge in [-0.1, -0.05) is 6.92 Å². The maximum atomic E-state index is 12.8. The number of pyridine rings is 1. The van der Waals surface area contributed by atoms with E-state index in [0.29, 0.717) is 16.8 Å². The second kappa shape index (κ2) is 6.69. The molecular formula is C19H21N3O4S. The molecule has 0 aliphatic carbocycles. The molecule has 0 saturated heterocycles. The minimum absolute atomic E-state index is 0.142. The monoisotopic (exact) mass is 387 g/mol. The number of esters is 1. The summed E-state index contributed by atoms with van der Waals surface area (Å²) >= 11 is 1.32. The maximum Gasteiger partial charge on any atom is 0.326 e. The quantitative estimate of drug-likeness (QED) is 0.640. The van der Waals surface area contributed by atoms with Crippen molar-refractivity contribution in [2.75, 3.05) is 6.61 Å². The number of nitrogens with zero attached hydrogens (tertiary/aromatic N) is 3. The van der Waals surface area contributed by atoms with Gasteiger partial charge < -0.3 is 9.47 Å². The third-order valence-electron chi connectivity index (χ3n) is 5.08. The number of hydrogen-bond acceptors (Lipinski definition) is 7. The lowest BCUT2D eigenvalue weighted by atomic mass is 9.91. The number of carbonyl (C=O) groups is 1. The molecule has 8 heteroatoms. The Bertz CT molecular complexity index is 1100. The summed E-state index contributed by atoms with van der Waals surface area (Å²) in [5.41, 5.74) is 2.25. The highest BCUT2D eigenvalue weighted by molar-refractivity contribution is 7.25. The number of fused-ring (bicyclic) bond motifs is 4. The van der Waals surface area contributed by atoms with Crippen molar-refractivity contribution in [3.05, 3.63) is 34.0 Å². The Labute approximate surface area is 159 Å². The van der Waals surface area contributed by atoms with Crippen LogP contribution < -0.4 is 5.56 Å². The van der Waals surface area contributed by atoms with Gasteiger partial charge in [-0.15, -0.1) is 11.3 Å². The lowest BCUT2D eigenvalue weighted by molar-refractivity contribution is -0.143. The van der Waals surface area contributed by atoms with Crippen LogP contribution in [0.3, 0.4) is 0 Å². The summed E-state index contributed by atoms with van der Waals surface area (Å²) < 4.78 is 12.7. The molecule has 0 aromatic carbocycles. The van der Waals surface area contributed by atoms with Crippen molar-refractivity contribution < 1.29 is 14.3 Å². The summed E-state index contributed by atoms with van der Waals surface area (Å²) in [5, 5.41) is 0.859. The Morgan fingerprint density at radius 1 is 1.44 bits per heavy atom. The molecule has 0 unspecified atom stereocenters. The van der Waals surface area contributed by atoms with Crippen molar-refractivity contribution in [1.82, 2.24) is 14.5 Å². The molecule has 3 aromatic heterocycles. The van der Waals surface area contributed by atoms with Crippen molar-refractivity contribution in [3.8, 4) is 0 Å². The van der Waals surface area contributed by atoms with E-state index in [4.69, 9.17) is 14.5 Å². The van der Waals surface area contributed by atoms with Gasteiger partial charge in [0.1, 0.15) is 16.1 Å². The van der Waals surface area contributed by atoms with E-state index in [-0.39, 0.29) is 24.3 Å². The maximum absolute atomic E-state index is 12.8. The zero-order chi connectivity index (χ0) is 19.2. The van der Waals surface area contributed by atoms with Crippen molar-refractivity contribution in [2.45, 2.75) is 52.4 Å². The Morgan fingerprint density at radius 2 is 2.26 bits per heavy atom. The van der Waals surface area contributed by atoms with E-state index < -0.39 is 5.97 Å². The van der Waals surface area contributed by atoms with Crippen LogP contribution in [0.2, 0.25) is 0 Å². The van der Waals surface area contributed by atoms with Crippen LogP contribution in [0.4, 0.5) is 0 Å². The Hall–Kier alpha value is -2.32. The van der Waals surface area contributed by atoms with Crippen LogP contribution in [0.25, 0.3) is 20.4 Å². The summed E-state index contributed by atoms with van der Waals surface area (Å²) in [7, 11) is 0. The van der Waals surface area contributed by atoms with Crippen molar-refractivity contribution in [1.29, 1.82) is 0 Å². The van der Waals surface area contributed by atoms with Gasteiger partial charge in [0.2, 0.25) is 0 Å². The molecule has 4 heterocycles. The number of carbonyl (C=O) groups excluding carboxylic acids is 1. The minimum atomic E-state index is -0.452. The molecule has 0 N–H and O–H groups in total. The van der Waals surface area contributed by atoms with Crippen LogP contribution in [-0.2, 0) is 33.8 Å². The number of ether oxygens (including phenoxy) is 2. The fourth-order valence-electron chi connectivity index (χ4n) is 3.29. The largest absolute Gasteiger partial charge is 0.465 e. The van der Waals surface area contributed by atoms with Crippen LogP contribution in [-0.4, -0.2) is 32.7 Å².